The molecule has 1 fully saturated rings. The summed E-state index contributed by atoms with van der Waals surface area (Å²) in [4.78, 5) is 48.0. The van der Waals surface area contributed by atoms with Crippen LogP contribution in [0.2, 0.25) is 0 Å². The third kappa shape index (κ3) is 5.44. The molecule has 5 atom stereocenters. The fourth-order valence-corrected chi connectivity index (χ4v) is 5.56. The van der Waals surface area contributed by atoms with Crippen molar-refractivity contribution in [3.05, 3.63) is 34.6 Å². The number of benzene rings is 1. The van der Waals surface area contributed by atoms with Crippen LogP contribution in [0.4, 0.5) is 0 Å². The minimum atomic E-state index is -1.17. The molecule has 3 rings (SSSR count). The molecule has 2 unspecified atom stereocenters. The van der Waals surface area contributed by atoms with Gasteiger partial charge in [0.1, 0.15) is 0 Å². The Hall–Kier alpha value is -2.42. The van der Waals surface area contributed by atoms with E-state index in [0.717, 1.165) is 4.26 Å². The van der Waals surface area contributed by atoms with Crippen molar-refractivity contribution in [2.45, 2.75) is 52.7 Å². The molecule has 0 amide bonds. The van der Waals surface area contributed by atoms with Gasteiger partial charge in [0, 0.05) is 0 Å². The van der Waals surface area contributed by atoms with Gasteiger partial charge in [-0.15, -0.1) is 0 Å². The second-order valence-electron chi connectivity index (χ2n) is 7.56. The van der Waals surface area contributed by atoms with E-state index in [1.807, 2.05) is 26.0 Å². The summed E-state index contributed by atoms with van der Waals surface area (Å²) < 4.78 is 24.2. The first-order valence-electron chi connectivity index (χ1n) is 9.91. The standard InChI is InChI=1S/C21H25NO8Se/c1-11-12(2)19(28-14(4)24)21(29-16(11)10-27-13(3)23)30-18(25)9-22-20(26)15-7-5-6-8-17(15)31-22/h5-8,11-12,16,19,21H,9-10H2,1-4H3/t11-,12-,16?,19?,21-/m0/s1. The number of carbonyl (C=O) groups excluding carboxylic acids is 3. The number of rotatable bonds is 6. The number of nitrogens with zero attached hydrogens (tertiary/aromatic N) is 1. The molecule has 1 aliphatic heterocycles. The number of aromatic nitrogens is 1. The fraction of sp³-hybridized carbons (Fsp3) is 0.524. The van der Waals surface area contributed by atoms with Crippen LogP contribution in [0, 0.1) is 11.8 Å². The molecule has 0 saturated carbocycles. The number of ether oxygens (including phenoxy) is 4. The summed E-state index contributed by atoms with van der Waals surface area (Å²) in [5.41, 5.74) is -0.219. The summed E-state index contributed by atoms with van der Waals surface area (Å²) >= 11 is -0.324. The monoisotopic (exact) mass is 499 g/mol. The first-order valence-corrected chi connectivity index (χ1v) is 11.5. The number of esters is 3. The fourth-order valence-electron chi connectivity index (χ4n) is 3.50. The Morgan fingerprint density at radius 3 is 2.42 bits per heavy atom. The Balaban J connectivity index is 1.76. The van der Waals surface area contributed by atoms with Crippen LogP contribution >= 0.6 is 0 Å². The van der Waals surface area contributed by atoms with E-state index < -0.39 is 36.4 Å². The summed E-state index contributed by atoms with van der Waals surface area (Å²) in [6.45, 7) is 6.05. The Bertz CT molecular complexity index is 1030. The predicted octanol–water partition coefficient (Wildman–Crippen LogP) is 1.09. The molecular formula is C21H25NO8Se. The normalized spacial score (nSPS) is 25.7. The van der Waals surface area contributed by atoms with Gasteiger partial charge in [0.15, 0.2) is 0 Å². The predicted molar refractivity (Wildman–Crippen MR) is 110 cm³/mol. The molecule has 31 heavy (non-hydrogen) atoms. The van der Waals surface area contributed by atoms with Gasteiger partial charge in [-0.1, -0.05) is 0 Å². The molecule has 1 aromatic heterocycles. The van der Waals surface area contributed by atoms with Crippen molar-refractivity contribution >= 4 is 42.3 Å². The van der Waals surface area contributed by atoms with E-state index >= 15 is 0 Å². The third-order valence-corrected chi connectivity index (χ3v) is 7.58. The van der Waals surface area contributed by atoms with Gasteiger partial charge < -0.3 is 0 Å². The summed E-state index contributed by atoms with van der Waals surface area (Å²) in [6, 6.07) is 7.22. The number of fused-ring (bicyclic) bond motifs is 1. The van der Waals surface area contributed by atoms with Crippen LogP contribution < -0.4 is 5.56 Å². The molecular weight excluding hydrogens is 473 g/mol. The molecule has 0 spiro atoms. The molecule has 168 valence electrons. The Morgan fingerprint density at radius 1 is 1.06 bits per heavy atom. The molecule has 1 aliphatic rings. The van der Waals surface area contributed by atoms with Gasteiger partial charge in [-0.3, -0.25) is 0 Å². The third-order valence-electron chi connectivity index (χ3n) is 5.34. The van der Waals surface area contributed by atoms with Gasteiger partial charge in [0.2, 0.25) is 0 Å². The van der Waals surface area contributed by atoms with E-state index in [-0.39, 0.29) is 45.3 Å². The number of hydrogen-bond acceptors (Lipinski definition) is 8. The van der Waals surface area contributed by atoms with Crippen molar-refractivity contribution in [3.63, 3.8) is 0 Å². The maximum atomic E-state index is 12.6. The molecule has 0 aliphatic carbocycles. The van der Waals surface area contributed by atoms with Crippen LogP contribution in [0.15, 0.2) is 29.1 Å². The van der Waals surface area contributed by atoms with Crippen molar-refractivity contribution in [2.24, 2.45) is 11.8 Å². The van der Waals surface area contributed by atoms with Crippen LogP contribution in [0.1, 0.15) is 27.7 Å². The van der Waals surface area contributed by atoms with E-state index in [1.54, 1.807) is 12.1 Å². The van der Waals surface area contributed by atoms with E-state index in [1.165, 1.54) is 17.4 Å². The second-order valence-corrected chi connectivity index (χ2v) is 9.79. The zero-order valence-electron chi connectivity index (χ0n) is 17.7. The topological polar surface area (TPSA) is 110 Å². The van der Waals surface area contributed by atoms with Crippen molar-refractivity contribution in [2.75, 3.05) is 6.61 Å². The number of carbonyl (C=O) groups is 3. The minimum absolute atomic E-state index is 0.00921. The van der Waals surface area contributed by atoms with Crippen molar-refractivity contribution in [1.29, 1.82) is 0 Å². The first kappa shape index (κ1) is 23.2. The van der Waals surface area contributed by atoms with Gasteiger partial charge in [-0.25, -0.2) is 0 Å². The van der Waals surface area contributed by atoms with E-state index in [9.17, 15) is 19.2 Å². The summed E-state index contributed by atoms with van der Waals surface area (Å²) in [5, 5.41) is 0.589. The van der Waals surface area contributed by atoms with Crippen LogP contribution in [0.25, 0.3) is 9.65 Å². The molecule has 2 aromatic rings. The number of hydrogen-bond donors (Lipinski definition) is 0. The van der Waals surface area contributed by atoms with Crippen LogP contribution in [0.3, 0.4) is 0 Å². The zero-order chi connectivity index (χ0) is 22.7. The van der Waals surface area contributed by atoms with Crippen LogP contribution in [0.5, 0.6) is 0 Å². The Labute approximate surface area is 185 Å². The van der Waals surface area contributed by atoms with E-state index in [4.69, 9.17) is 18.9 Å². The van der Waals surface area contributed by atoms with Gasteiger partial charge in [0.25, 0.3) is 0 Å². The second kappa shape index (κ2) is 9.80. The van der Waals surface area contributed by atoms with Crippen LogP contribution in [-0.4, -0.2) is 61.3 Å². The summed E-state index contributed by atoms with van der Waals surface area (Å²) in [5.74, 6) is -2.00. The quantitative estimate of drug-likeness (QED) is 0.331. The van der Waals surface area contributed by atoms with E-state index in [0.29, 0.717) is 5.39 Å². The van der Waals surface area contributed by atoms with E-state index in [2.05, 4.69) is 0 Å². The first-order chi connectivity index (χ1) is 14.7. The molecule has 1 aromatic carbocycles. The van der Waals surface area contributed by atoms with Crippen molar-refractivity contribution in [1.82, 2.24) is 3.56 Å². The molecule has 10 heteroatoms. The molecule has 0 radical (unpaired) electrons. The Morgan fingerprint density at radius 2 is 1.77 bits per heavy atom. The van der Waals surface area contributed by atoms with Crippen molar-refractivity contribution in [3.8, 4) is 0 Å². The van der Waals surface area contributed by atoms with Gasteiger partial charge in [-0.2, -0.15) is 0 Å². The molecule has 1 saturated heterocycles. The van der Waals surface area contributed by atoms with Crippen molar-refractivity contribution < 1.29 is 33.3 Å². The Kier molecular flexibility index (Phi) is 7.35. The molecule has 9 nitrogen and oxygen atoms in total. The van der Waals surface area contributed by atoms with Gasteiger partial charge in [-0.05, 0) is 0 Å². The maximum absolute atomic E-state index is 12.6. The molecule has 0 N–H and O–H groups in total. The van der Waals surface area contributed by atoms with Crippen LogP contribution in [-0.2, 0) is 39.9 Å². The molecule has 0 bridgehead atoms. The van der Waals surface area contributed by atoms with Gasteiger partial charge >= 0.3 is 185 Å². The average molecular weight is 498 g/mol. The van der Waals surface area contributed by atoms with Gasteiger partial charge in [0.05, 0.1) is 0 Å². The summed E-state index contributed by atoms with van der Waals surface area (Å²) in [7, 11) is 0. The molecule has 2 heterocycles. The zero-order valence-corrected chi connectivity index (χ0v) is 19.4. The average Bonchev–Trinajstić information content (AvgIpc) is 3.01. The summed E-state index contributed by atoms with van der Waals surface area (Å²) in [6.07, 6.45) is -2.52. The SMILES string of the molecule is CC(=O)OCC1O[C@@H](OC(=O)Cn2[se]c3ccccc3c2=O)C(OC(C)=O)[C@@H](C)[C@@H]1C.